The third-order valence-electron chi connectivity index (χ3n) is 4.50. The number of nitro groups is 1. The number of nitrogens with one attached hydrogen (secondary N) is 2. The van der Waals surface area contributed by atoms with Gasteiger partial charge in [-0.15, -0.1) is 0 Å². The van der Waals surface area contributed by atoms with E-state index in [2.05, 4.69) is 31.8 Å². The van der Waals surface area contributed by atoms with Crippen LogP contribution in [0.4, 0.5) is 5.69 Å². The minimum atomic E-state index is -0.562. The van der Waals surface area contributed by atoms with Crippen LogP contribution in [0.15, 0.2) is 88.4 Å². The second kappa shape index (κ2) is 11.0. The smallest absolute Gasteiger partial charge is 0.284 e. The number of nitro benzene ring substituents is 1. The van der Waals surface area contributed by atoms with Gasteiger partial charge < -0.3 is 5.32 Å². The summed E-state index contributed by atoms with van der Waals surface area (Å²) in [5.74, 6) is -0.715. The predicted molar refractivity (Wildman–Crippen MR) is 124 cm³/mol. The molecule has 0 saturated heterocycles. The number of hydrazone groups is 1. The van der Waals surface area contributed by atoms with Gasteiger partial charge in [0.05, 0.1) is 28.1 Å². The monoisotopic (exact) mass is 494 g/mol. The van der Waals surface area contributed by atoms with E-state index in [-0.39, 0.29) is 18.0 Å². The van der Waals surface area contributed by atoms with E-state index in [4.69, 9.17) is 0 Å². The number of halogens is 1. The quantitative estimate of drug-likeness (QED) is 0.275. The van der Waals surface area contributed by atoms with Gasteiger partial charge in [-0.3, -0.25) is 19.7 Å². The molecule has 162 valence electrons. The first-order chi connectivity index (χ1) is 15.4. The Morgan fingerprint density at radius 3 is 2.34 bits per heavy atom. The van der Waals surface area contributed by atoms with Crippen molar-refractivity contribution in [3.05, 3.63) is 110 Å². The number of carbonyl (C=O) groups excluding carboxylic acids is 2. The molecule has 0 aromatic heterocycles. The van der Waals surface area contributed by atoms with Crippen molar-refractivity contribution in [2.75, 3.05) is 0 Å². The topological polar surface area (TPSA) is 114 Å². The zero-order valence-electron chi connectivity index (χ0n) is 16.8. The van der Waals surface area contributed by atoms with Gasteiger partial charge in [-0.25, -0.2) is 5.43 Å². The Morgan fingerprint density at radius 2 is 1.69 bits per heavy atom. The maximum absolute atomic E-state index is 12.6. The molecule has 3 aromatic rings. The number of hydrogen-bond acceptors (Lipinski definition) is 5. The average Bonchev–Trinajstić information content (AvgIpc) is 2.80. The van der Waals surface area contributed by atoms with Gasteiger partial charge >= 0.3 is 0 Å². The summed E-state index contributed by atoms with van der Waals surface area (Å²) in [6, 6.07) is 21.8. The highest BCUT2D eigenvalue weighted by Crippen LogP contribution is 2.25. The Hall–Kier alpha value is -3.85. The molecule has 0 saturated carbocycles. The number of amides is 2. The van der Waals surface area contributed by atoms with E-state index in [1.54, 1.807) is 30.3 Å². The molecule has 0 aliphatic heterocycles. The summed E-state index contributed by atoms with van der Waals surface area (Å²) in [6.45, 7) is 0. The maximum atomic E-state index is 12.6. The van der Waals surface area contributed by atoms with Crippen LogP contribution in [0.5, 0.6) is 0 Å². The molecule has 0 radical (unpaired) electrons. The SMILES string of the molecule is O=C(C[C@@H](NC(=O)c1ccccc1)c1ccccc1)N/N=C\c1ccc(Br)c([N+](=O)[O-])c1. The predicted octanol–water partition coefficient (Wildman–Crippen LogP) is 4.37. The first kappa shape index (κ1) is 22.8. The molecule has 0 spiro atoms. The highest BCUT2D eigenvalue weighted by molar-refractivity contribution is 9.10. The van der Waals surface area contributed by atoms with E-state index in [9.17, 15) is 19.7 Å². The third kappa shape index (κ3) is 6.32. The molecule has 9 heteroatoms. The van der Waals surface area contributed by atoms with Crippen molar-refractivity contribution in [1.29, 1.82) is 0 Å². The van der Waals surface area contributed by atoms with Gasteiger partial charge in [0.2, 0.25) is 5.91 Å². The summed E-state index contributed by atoms with van der Waals surface area (Å²) in [5, 5.41) is 17.8. The van der Waals surface area contributed by atoms with Crippen LogP contribution in [-0.4, -0.2) is 23.0 Å². The van der Waals surface area contributed by atoms with Crippen LogP contribution in [0.25, 0.3) is 0 Å². The van der Waals surface area contributed by atoms with Gasteiger partial charge in [-0.2, -0.15) is 5.10 Å². The Labute approximate surface area is 192 Å². The van der Waals surface area contributed by atoms with Gasteiger partial charge in [-0.1, -0.05) is 54.6 Å². The lowest BCUT2D eigenvalue weighted by Gasteiger charge is -2.18. The Balaban J connectivity index is 1.67. The van der Waals surface area contributed by atoms with Crippen LogP contribution in [-0.2, 0) is 4.79 Å². The van der Waals surface area contributed by atoms with E-state index < -0.39 is 16.9 Å². The molecule has 0 heterocycles. The van der Waals surface area contributed by atoms with E-state index in [1.807, 2.05) is 36.4 Å². The Morgan fingerprint density at radius 1 is 1.03 bits per heavy atom. The van der Waals surface area contributed by atoms with Crippen molar-refractivity contribution >= 4 is 39.6 Å². The molecule has 32 heavy (non-hydrogen) atoms. The van der Waals surface area contributed by atoms with Crippen molar-refractivity contribution in [3.63, 3.8) is 0 Å². The molecule has 3 rings (SSSR count). The van der Waals surface area contributed by atoms with Crippen LogP contribution < -0.4 is 10.7 Å². The fourth-order valence-electron chi connectivity index (χ4n) is 2.93. The molecule has 2 N–H and O–H groups in total. The molecule has 3 aromatic carbocycles. The summed E-state index contributed by atoms with van der Waals surface area (Å²) in [6.07, 6.45) is 1.28. The van der Waals surface area contributed by atoms with Crippen LogP contribution in [0.2, 0.25) is 0 Å². The summed E-state index contributed by atoms with van der Waals surface area (Å²) < 4.78 is 0.351. The van der Waals surface area contributed by atoms with Crippen LogP contribution >= 0.6 is 15.9 Å². The van der Waals surface area contributed by atoms with Gasteiger partial charge in [0.25, 0.3) is 11.6 Å². The zero-order chi connectivity index (χ0) is 22.9. The summed E-state index contributed by atoms with van der Waals surface area (Å²) >= 11 is 3.12. The lowest BCUT2D eigenvalue weighted by atomic mass is 10.0. The highest BCUT2D eigenvalue weighted by atomic mass is 79.9. The molecule has 1 atom stereocenters. The summed E-state index contributed by atoms with van der Waals surface area (Å²) in [7, 11) is 0. The van der Waals surface area contributed by atoms with Crippen LogP contribution in [0, 0.1) is 10.1 Å². The Bertz CT molecular complexity index is 1140. The number of hydrogen-bond donors (Lipinski definition) is 2. The van der Waals surface area contributed by atoms with Crippen molar-refractivity contribution in [1.82, 2.24) is 10.7 Å². The van der Waals surface area contributed by atoms with E-state index in [0.717, 1.165) is 5.56 Å². The zero-order valence-corrected chi connectivity index (χ0v) is 18.4. The van der Waals surface area contributed by atoms with Crippen molar-refractivity contribution in [2.45, 2.75) is 12.5 Å². The Kier molecular flexibility index (Phi) is 7.82. The second-order valence-corrected chi connectivity index (χ2v) is 7.62. The molecular weight excluding hydrogens is 476 g/mol. The molecule has 8 nitrogen and oxygen atoms in total. The van der Waals surface area contributed by atoms with E-state index in [1.165, 1.54) is 18.3 Å². The minimum Gasteiger partial charge on any atom is -0.345 e. The maximum Gasteiger partial charge on any atom is 0.284 e. The fourth-order valence-corrected chi connectivity index (χ4v) is 3.32. The molecular formula is C23H19BrN4O4. The largest absolute Gasteiger partial charge is 0.345 e. The van der Waals surface area contributed by atoms with Gasteiger partial charge in [0.1, 0.15) is 0 Å². The average molecular weight is 495 g/mol. The standard InChI is InChI=1S/C23H19BrN4O4/c24-19-12-11-16(13-21(19)28(31)32)15-25-27-22(29)14-20(17-7-3-1-4-8-17)26-23(30)18-9-5-2-6-10-18/h1-13,15,20H,14H2,(H,26,30)(H,27,29)/b25-15-/t20-/m1/s1. The number of carbonyl (C=O) groups is 2. The minimum absolute atomic E-state index is 0.0413. The lowest BCUT2D eigenvalue weighted by molar-refractivity contribution is -0.385. The van der Waals surface area contributed by atoms with E-state index in [0.29, 0.717) is 15.6 Å². The summed E-state index contributed by atoms with van der Waals surface area (Å²) in [5.41, 5.74) is 4.02. The number of rotatable bonds is 8. The molecule has 2 amide bonds. The fraction of sp³-hybridized carbons (Fsp3) is 0.0870. The van der Waals surface area contributed by atoms with E-state index >= 15 is 0 Å². The van der Waals surface area contributed by atoms with Gasteiger partial charge in [0, 0.05) is 17.2 Å². The highest BCUT2D eigenvalue weighted by Gasteiger charge is 2.19. The van der Waals surface area contributed by atoms with Crippen molar-refractivity contribution in [3.8, 4) is 0 Å². The number of nitrogens with zero attached hydrogens (tertiary/aromatic N) is 2. The first-order valence-corrected chi connectivity index (χ1v) is 10.4. The second-order valence-electron chi connectivity index (χ2n) is 6.77. The molecule has 0 aliphatic carbocycles. The van der Waals surface area contributed by atoms with Crippen LogP contribution in [0.1, 0.15) is 33.9 Å². The summed E-state index contributed by atoms with van der Waals surface area (Å²) in [4.78, 5) is 35.6. The van der Waals surface area contributed by atoms with Crippen molar-refractivity contribution < 1.29 is 14.5 Å². The molecule has 0 aliphatic rings. The van der Waals surface area contributed by atoms with Gasteiger partial charge in [-0.05, 0) is 39.7 Å². The van der Waals surface area contributed by atoms with Gasteiger partial charge in [0.15, 0.2) is 0 Å². The lowest BCUT2D eigenvalue weighted by Crippen LogP contribution is -2.32. The number of benzene rings is 3. The molecule has 0 unspecified atom stereocenters. The third-order valence-corrected chi connectivity index (χ3v) is 5.17. The normalized spacial score (nSPS) is 11.7. The first-order valence-electron chi connectivity index (χ1n) is 9.61. The molecule has 0 bridgehead atoms. The van der Waals surface area contributed by atoms with Crippen LogP contribution in [0.3, 0.4) is 0 Å². The molecule has 0 fully saturated rings. The van der Waals surface area contributed by atoms with Crippen molar-refractivity contribution in [2.24, 2.45) is 5.10 Å².